The Bertz CT molecular complexity index is 685. The lowest BCUT2D eigenvalue weighted by atomic mass is 9.91. The molecule has 0 N–H and O–H groups in total. The summed E-state index contributed by atoms with van der Waals surface area (Å²) < 4.78 is 0. The van der Waals surface area contributed by atoms with Crippen molar-refractivity contribution in [2.75, 3.05) is 4.90 Å². The molecule has 2 nitrogen and oxygen atoms in total. The van der Waals surface area contributed by atoms with Crippen LogP contribution < -0.4 is 4.90 Å². The smallest absolute Gasteiger partial charge is 0.227 e. The molecule has 25 heavy (non-hydrogen) atoms. The summed E-state index contributed by atoms with van der Waals surface area (Å²) in [6, 6.07) is 18.9. The lowest BCUT2D eigenvalue weighted by Gasteiger charge is -2.32. The number of carbonyl (C=O) groups excluding carboxylic acids is 1. The van der Waals surface area contributed by atoms with Crippen molar-refractivity contribution >= 4 is 11.6 Å². The van der Waals surface area contributed by atoms with Gasteiger partial charge in [-0.3, -0.25) is 4.79 Å². The highest BCUT2D eigenvalue weighted by atomic mass is 16.2. The highest BCUT2D eigenvalue weighted by Crippen LogP contribution is 2.29. The van der Waals surface area contributed by atoms with Crippen LogP contribution in [0.1, 0.15) is 53.9 Å². The molecule has 1 amide bonds. The van der Waals surface area contributed by atoms with Gasteiger partial charge in [0, 0.05) is 18.2 Å². The normalized spacial score (nSPS) is 12.7. The molecule has 0 aliphatic rings. The van der Waals surface area contributed by atoms with Gasteiger partial charge in [-0.05, 0) is 42.0 Å². The van der Waals surface area contributed by atoms with Crippen molar-refractivity contribution < 1.29 is 4.79 Å². The predicted octanol–water partition coefficient (Wildman–Crippen LogP) is 6.31. The molecule has 0 saturated carbocycles. The quantitative estimate of drug-likeness (QED) is 0.604. The van der Waals surface area contributed by atoms with Crippen molar-refractivity contribution in [3.63, 3.8) is 0 Å². The topological polar surface area (TPSA) is 20.3 Å². The molecular weight excluding hydrogens is 306 g/mol. The van der Waals surface area contributed by atoms with E-state index in [0.717, 1.165) is 24.1 Å². The maximum Gasteiger partial charge on any atom is 0.227 e. The summed E-state index contributed by atoms with van der Waals surface area (Å²) in [7, 11) is 0. The number of anilines is 1. The lowest BCUT2D eigenvalue weighted by molar-refractivity contribution is -0.120. The molecule has 0 saturated heterocycles. The molecule has 0 aliphatic heterocycles. The summed E-state index contributed by atoms with van der Waals surface area (Å²) in [5.41, 5.74) is 3.31. The Kier molecular flexibility index (Phi) is 6.41. The highest BCUT2D eigenvalue weighted by Gasteiger charge is 2.26. The molecule has 1 unspecified atom stereocenters. The monoisotopic (exact) mass is 337 g/mol. The van der Waals surface area contributed by atoms with Gasteiger partial charge in [0.25, 0.3) is 0 Å². The summed E-state index contributed by atoms with van der Waals surface area (Å²) in [4.78, 5) is 15.1. The first-order valence-electron chi connectivity index (χ1n) is 9.29. The zero-order chi connectivity index (χ0) is 18.4. The fourth-order valence-corrected chi connectivity index (χ4v) is 3.20. The first kappa shape index (κ1) is 19.2. The van der Waals surface area contributed by atoms with E-state index in [9.17, 15) is 4.79 Å². The molecule has 2 aromatic rings. The molecular formula is C23H31NO. The summed E-state index contributed by atoms with van der Waals surface area (Å²) in [5, 5.41) is 0. The molecule has 0 fully saturated rings. The Morgan fingerprint density at radius 3 is 2.24 bits per heavy atom. The third-order valence-corrected chi connectivity index (χ3v) is 4.33. The Labute approximate surface area is 152 Å². The van der Waals surface area contributed by atoms with E-state index in [-0.39, 0.29) is 17.4 Å². The van der Waals surface area contributed by atoms with E-state index in [1.54, 1.807) is 0 Å². The Morgan fingerprint density at radius 2 is 1.64 bits per heavy atom. The molecule has 0 bridgehead atoms. The first-order valence-corrected chi connectivity index (χ1v) is 9.29. The van der Waals surface area contributed by atoms with E-state index in [4.69, 9.17) is 0 Å². The van der Waals surface area contributed by atoms with E-state index in [1.807, 2.05) is 29.2 Å². The standard InChI is InChI=1S/C23H31NO/c1-6-11-18(2)24(22(25)17-23(3,4)5)21-15-10-14-20(16-21)19-12-8-7-9-13-19/h7-10,12-16,18H,6,11,17H2,1-5H3. The molecule has 0 aliphatic carbocycles. The maximum atomic E-state index is 13.0. The van der Waals surface area contributed by atoms with Crippen molar-refractivity contribution in [1.29, 1.82) is 0 Å². The summed E-state index contributed by atoms with van der Waals surface area (Å²) in [5.74, 6) is 0.207. The van der Waals surface area contributed by atoms with Crippen LogP contribution in [-0.2, 0) is 4.79 Å². The predicted molar refractivity (Wildman–Crippen MR) is 108 cm³/mol. The fraction of sp³-hybridized carbons (Fsp3) is 0.435. The summed E-state index contributed by atoms with van der Waals surface area (Å²) in [6.07, 6.45) is 2.63. The van der Waals surface area contributed by atoms with E-state index in [1.165, 1.54) is 5.56 Å². The van der Waals surface area contributed by atoms with Crippen LogP contribution in [-0.4, -0.2) is 11.9 Å². The van der Waals surface area contributed by atoms with Crippen LogP contribution in [0.5, 0.6) is 0 Å². The van der Waals surface area contributed by atoms with E-state index >= 15 is 0 Å². The highest BCUT2D eigenvalue weighted by molar-refractivity contribution is 5.95. The van der Waals surface area contributed by atoms with Crippen LogP contribution in [0.25, 0.3) is 11.1 Å². The molecule has 134 valence electrons. The Morgan fingerprint density at radius 1 is 1.00 bits per heavy atom. The van der Waals surface area contributed by atoms with Gasteiger partial charge in [-0.1, -0.05) is 76.6 Å². The molecule has 2 rings (SSSR count). The maximum absolute atomic E-state index is 13.0. The fourth-order valence-electron chi connectivity index (χ4n) is 3.20. The number of benzene rings is 2. The van der Waals surface area contributed by atoms with Crippen molar-refractivity contribution in [1.82, 2.24) is 0 Å². The molecule has 2 heteroatoms. The zero-order valence-electron chi connectivity index (χ0n) is 16.3. The van der Waals surface area contributed by atoms with Crippen LogP contribution in [0.2, 0.25) is 0 Å². The van der Waals surface area contributed by atoms with Gasteiger partial charge >= 0.3 is 0 Å². The average Bonchev–Trinajstić information content (AvgIpc) is 2.55. The van der Waals surface area contributed by atoms with Gasteiger partial charge in [0.15, 0.2) is 0 Å². The summed E-state index contributed by atoms with van der Waals surface area (Å²) in [6.45, 7) is 10.7. The second kappa shape index (κ2) is 8.33. The number of carbonyl (C=O) groups is 1. The summed E-state index contributed by atoms with van der Waals surface area (Å²) >= 11 is 0. The minimum Gasteiger partial charge on any atom is -0.310 e. The second-order valence-electron chi connectivity index (χ2n) is 8.06. The molecule has 2 aromatic carbocycles. The number of rotatable bonds is 6. The van der Waals surface area contributed by atoms with Crippen LogP contribution in [0.4, 0.5) is 5.69 Å². The van der Waals surface area contributed by atoms with Crippen molar-refractivity contribution in [2.24, 2.45) is 5.41 Å². The average molecular weight is 338 g/mol. The minimum absolute atomic E-state index is 0.0156. The third-order valence-electron chi connectivity index (χ3n) is 4.33. The molecule has 0 aromatic heterocycles. The van der Waals surface area contributed by atoms with Crippen molar-refractivity contribution in [3.05, 3.63) is 54.6 Å². The van der Waals surface area contributed by atoms with Gasteiger partial charge in [-0.2, -0.15) is 0 Å². The third kappa shape index (κ3) is 5.45. The van der Waals surface area contributed by atoms with E-state index in [2.05, 4.69) is 65.0 Å². The van der Waals surface area contributed by atoms with Gasteiger partial charge in [0.05, 0.1) is 0 Å². The van der Waals surface area contributed by atoms with Gasteiger partial charge in [0.1, 0.15) is 0 Å². The van der Waals surface area contributed by atoms with Gasteiger partial charge < -0.3 is 4.90 Å². The number of hydrogen-bond donors (Lipinski definition) is 0. The first-order chi connectivity index (χ1) is 11.8. The van der Waals surface area contributed by atoms with Gasteiger partial charge in [0.2, 0.25) is 5.91 Å². The van der Waals surface area contributed by atoms with Crippen molar-refractivity contribution in [2.45, 2.75) is 59.9 Å². The zero-order valence-corrected chi connectivity index (χ0v) is 16.3. The number of nitrogens with zero attached hydrogens (tertiary/aromatic N) is 1. The van der Waals surface area contributed by atoms with Crippen LogP contribution in [0, 0.1) is 5.41 Å². The largest absolute Gasteiger partial charge is 0.310 e. The Balaban J connectivity index is 2.38. The van der Waals surface area contributed by atoms with Crippen LogP contribution >= 0.6 is 0 Å². The minimum atomic E-state index is -0.0156. The molecule has 0 radical (unpaired) electrons. The van der Waals surface area contributed by atoms with Crippen LogP contribution in [0.3, 0.4) is 0 Å². The van der Waals surface area contributed by atoms with Gasteiger partial charge in [-0.15, -0.1) is 0 Å². The Hall–Kier alpha value is -2.09. The van der Waals surface area contributed by atoms with Crippen molar-refractivity contribution in [3.8, 4) is 11.1 Å². The van der Waals surface area contributed by atoms with E-state index in [0.29, 0.717) is 6.42 Å². The van der Waals surface area contributed by atoms with Crippen LogP contribution in [0.15, 0.2) is 54.6 Å². The number of hydrogen-bond acceptors (Lipinski definition) is 1. The SMILES string of the molecule is CCCC(C)N(C(=O)CC(C)(C)C)c1cccc(-c2ccccc2)c1. The van der Waals surface area contributed by atoms with Gasteiger partial charge in [-0.25, -0.2) is 0 Å². The lowest BCUT2D eigenvalue weighted by Crippen LogP contribution is -2.40. The molecule has 1 atom stereocenters. The van der Waals surface area contributed by atoms with E-state index < -0.39 is 0 Å². The molecule has 0 spiro atoms. The number of amides is 1. The molecule has 0 heterocycles. The second-order valence-corrected chi connectivity index (χ2v) is 8.06.